The molecule has 0 aliphatic rings. The summed E-state index contributed by atoms with van der Waals surface area (Å²) >= 11 is 0. The zero-order chi connectivity index (χ0) is 29.8. The summed E-state index contributed by atoms with van der Waals surface area (Å²) in [5, 5.41) is 1.02. The van der Waals surface area contributed by atoms with E-state index < -0.39 is 31.9 Å². The maximum absolute atomic E-state index is 13.0. The number of hydrogen-bond donors (Lipinski definition) is 0. The molecule has 39 heavy (non-hydrogen) atoms. The van der Waals surface area contributed by atoms with Crippen LogP contribution in [-0.2, 0) is 32.8 Å². The van der Waals surface area contributed by atoms with Gasteiger partial charge < -0.3 is 18.6 Å². The molecular weight excluding hydrogens is 517 g/mol. The van der Waals surface area contributed by atoms with E-state index in [1.165, 1.54) is 29.7 Å². The van der Waals surface area contributed by atoms with E-state index in [2.05, 4.69) is 45.9 Å². The average molecular weight is 570 g/mol. The van der Waals surface area contributed by atoms with Crippen LogP contribution in [0.2, 0.25) is 0 Å². The fourth-order valence-corrected chi connectivity index (χ4v) is 5.26. The Morgan fingerprint density at radius 3 is 1.72 bits per heavy atom. The number of hydroxylamine groups is 2. The number of rotatable bonds is 20. The van der Waals surface area contributed by atoms with Gasteiger partial charge in [0.25, 0.3) is 0 Å². The Morgan fingerprint density at radius 1 is 0.769 bits per heavy atom. The van der Waals surface area contributed by atoms with Crippen LogP contribution in [0.3, 0.4) is 0 Å². The Kier molecular flexibility index (Phi) is 19.8. The van der Waals surface area contributed by atoms with Gasteiger partial charge in [0.2, 0.25) is 0 Å². The van der Waals surface area contributed by atoms with Gasteiger partial charge in [0.05, 0.1) is 19.8 Å². The molecule has 8 nitrogen and oxygen atoms in total. The molecule has 0 N–H and O–H groups in total. The predicted octanol–water partition coefficient (Wildman–Crippen LogP) is 8.07. The van der Waals surface area contributed by atoms with Gasteiger partial charge in [-0.25, -0.2) is 4.79 Å². The molecule has 0 aromatic carbocycles. The van der Waals surface area contributed by atoms with Crippen LogP contribution in [0.15, 0.2) is 46.6 Å². The van der Waals surface area contributed by atoms with Crippen LogP contribution in [0, 0.1) is 0 Å². The van der Waals surface area contributed by atoms with Crippen molar-refractivity contribution in [2.75, 3.05) is 26.1 Å². The molecular formula is C30H52NO7P. The molecule has 0 saturated carbocycles. The lowest BCUT2D eigenvalue weighted by molar-refractivity contribution is -0.197. The van der Waals surface area contributed by atoms with Crippen molar-refractivity contribution in [3.63, 3.8) is 0 Å². The van der Waals surface area contributed by atoms with E-state index in [1.807, 2.05) is 6.92 Å². The van der Waals surface area contributed by atoms with Crippen molar-refractivity contribution in [2.24, 2.45) is 0 Å². The van der Waals surface area contributed by atoms with E-state index in [-0.39, 0.29) is 19.8 Å². The summed E-state index contributed by atoms with van der Waals surface area (Å²) in [7, 11) is -3.63. The first kappa shape index (κ1) is 37.0. The predicted molar refractivity (Wildman–Crippen MR) is 158 cm³/mol. The molecule has 0 aliphatic carbocycles. The van der Waals surface area contributed by atoms with Crippen molar-refractivity contribution in [1.29, 1.82) is 0 Å². The van der Waals surface area contributed by atoms with Crippen LogP contribution in [-0.4, -0.2) is 49.2 Å². The van der Waals surface area contributed by atoms with Gasteiger partial charge in [-0.15, -0.1) is 5.06 Å². The number of hydrogen-bond acceptors (Lipinski definition) is 8. The minimum atomic E-state index is -3.63. The molecule has 0 aromatic heterocycles. The minimum Gasteiger partial charge on any atom is -0.465 e. The molecule has 1 unspecified atom stereocenters. The van der Waals surface area contributed by atoms with Gasteiger partial charge in [-0.3, -0.25) is 9.36 Å². The average Bonchev–Trinajstić information content (AvgIpc) is 2.83. The summed E-state index contributed by atoms with van der Waals surface area (Å²) in [6.45, 7) is 17.4. The Morgan fingerprint density at radius 2 is 1.26 bits per heavy atom. The highest BCUT2D eigenvalue weighted by Gasteiger charge is 2.35. The fraction of sp³-hybridized carbons (Fsp3) is 0.667. The van der Waals surface area contributed by atoms with Gasteiger partial charge in [0.15, 0.2) is 0 Å². The van der Waals surface area contributed by atoms with Crippen LogP contribution in [0.5, 0.6) is 0 Å². The van der Waals surface area contributed by atoms with Crippen molar-refractivity contribution >= 4 is 19.5 Å². The zero-order valence-corrected chi connectivity index (χ0v) is 26.6. The highest BCUT2D eigenvalue weighted by molar-refractivity contribution is 7.53. The molecule has 0 bridgehead atoms. The van der Waals surface area contributed by atoms with Crippen molar-refractivity contribution in [3.8, 4) is 0 Å². The maximum atomic E-state index is 13.0. The number of carbonyl (C=O) groups excluding carboxylic acids is 2. The Labute approximate surface area is 237 Å². The first-order chi connectivity index (χ1) is 18.4. The normalized spacial score (nSPS) is 13.8. The Balaban J connectivity index is 5.07. The first-order valence-corrected chi connectivity index (χ1v) is 15.7. The molecule has 9 heteroatoms. The Bertz CT molecular complexity index is 906. The second-order valence-electron chi connectivity index (χ2n) is 9.83. The molecule has 0 saturated heterocycles. The monoisotopic (exact) mass is 569 g/mol. The van der Waals surface area contributed by atoms with Gasteiger partial charge in [-0.05, 0) is 101 Å². The quantitative estimate of drug-likeness (QED) is 0.0478. The van der Waals surface area contributed by atoms with Gasteiger partial charge in [0, 0.05) is 6.08 Å². The highest BCUT2D eigenvalue weighted by atomic mass is 31.2. The first-order valence-electron chi connectivity index (χ1n) is 14.0. The van der Waals surface area contributed by atoms with E-state index in [0.29, 0.717) is 6.42 Å². The Hall–Kier alpha value is -1.99. The largest absolute Gasteiger partial charge is 0.465 e. The number of allylic oxidation sites excluding steroid dienone is 7. The van der Waals surface area contributed by atoms with E-state index in [4.69, 9.17) is 18.6 Å². The summed E-state index contributed by atoms with van der Waals surface area (Å²) < 4.78 is 28.7. The maximum Gasteiger partial charge on any atom is 0.349 e. The third-order valence-electron chi connectivity index (χ3n) is 5.75. The lowest BCUT2D eigenvalue weighted by Crippen LogP contribution is -2.42. The summed E-state index contributed by atoms with van der Waals surface area (Å²) in [5.74, 6) is -1.28. The topological polar surface area (TPSA) is 91.4 Å². The van der Waals surface area contributed by atoms with Crippen molar-refractivity contribution in [1.82, 2.24) is 5.06 Å². The molecule has 0 aliphatic heterocycles. The minimum absolute atomic E-state index is 0.144. The summed E-state index contributed by atoms with van der Waals surface area (Å²) in [5.41, 5.74) is 4.93. The number of esters is 1. The molecule has 0 spiro atoms. The second kappa shape index (κ2) is 20.8. The number of nitrogens with zero attached hydrogens (tertiary/aromatic N) is 1. The third kappa shape index (κ3) is 18.1. The zero-order valence-electron chi connectivity index (χ0n) is 25.7. The van der Waals surface area contributed by atoms with Crippen molar-refractivity contribution < 1.29 is 32.8 Å². The molecule has 0 amide bonds. The van der Waals surface area contributed by atoms with Gasteiger partial charge >= 0.3 is 19.5 Å². The molecule has 0 fully saturated rings. The van der Waals surface area contributed by atoms with E-state index in [0.717, 1.165) is 42.7 Å². The van der Waals surface area contributed by atoms with E-state index in [9.17, 15) is 14.2 Å². The van der Waals surface area contributed by atoms with Crippen LogP contribution >= 0.6 is 7.60 Å². The standard InChI is InChI=1S/C30H52NO7P/c1-10-35-30(33)28(9)31(23-39(34,36-11-2)37-12-3)38-29(32)22-27(8)21-15-20-26(7)19-14-18-25(6)17-13-16-24(4)5/h16,18,20,22,28H,10-15,17,19,21,23H2,1-9H3/b25-18+,26-20+,27-22+. The van der Waals surface area contributed by atoms with Gasteiger partial charge in [-0.1, -0.05) is 40.5 Å². The fourth-order valence-electron chi connectivity index (χ4n) is 3.59. The molecule has 1 atom stereocenters. The number of carbonyl (C=O) groups is 2. The summed E-state index contributed by atoms with van der Waals surface area (Å²) in [4.78, 5) is 30.4. The van der Waals surface area contributed by atoms with Crippen LogP contribution < -0.4 is 0 Å². The highest BCUT2D eigenvalue weighted by Crippen LogP contribution is 2.48. The van der Waals surface area contributed by atoms with Gasteiger partial charge in [0.1, 0.15) is 12.3 Å². The van der Waals surface area contributed by atoms with Crippen LogP contribution in [0.1, 0.15) is 101 Å². The lowest BCUT2D eigenvalue weighted by Gasteiger charge is -2.28. The smallest absolute Gasteiger partial charge is 0.349 e. The van der Waals surface area contributed by atoms with Crippen molar-refractivity contribution in [3.05, 3.63) is 46.6 Å². The summed E-state index contributed by atoms with van der Waals surface area (Å²) in [6.07, 6.45) is 13.5. The van der Waals surface area contributed by atoms with E-state index >= 15 is 0 Å². The van der Waals surface area contributed by atoms with Crippen molar-refractivity contribution in [2.45, 2.75) is 107 Å². The molecule has 0 rings (SSSR count). The summed E-state index contributed by atoms with van der Waals surface area (Å²) in [6, 6.07) is -0.993. The van der Waals surface area contributed by atoms with E-state index in [1.54, 1.807) is 20.8 Å². The second-order valence-corrected chi connectivity index (χ2v) is 11.9. The molecule has 0 heterocycles. The molecule has 224 valence electrons. The number of ether oxygens (including phenoxy) is 1. The molecule has 0 aromatic rings. The SMILES string of the molecule is CCOC(=O)C(C)N(CP(=O)(OCC)OCC)OC(=O)/C=C(\C)CC/C=C(\C)CC/C=C(\C)CCC=C(C)C. The molecule has 0 radical (unpaired) electrons. The van der Waals surface area contributed by atoms with Crippen LogP contribution in [0.25, 0.3) is 0 Å². The van der Waals surface area contributed by atoms with Gasteiger partial charge in [-0.2, -0.15) is 0 Å². The van der Waals surface area contributed by atoms with Crippen LogP contribution in [0.4, 0.5) is 0 Å². The lowest BCUT2D eigenvalue weighted by atomic mass is 10.0. The third-order valence-corrected chi connectivity index (χ3v) is 7.68.